The third-order valence-corrected chi connectivity index (χ3v) is 3.38. The number of hydrogen-bond donors (Lipinski definition) is 2. The molecule has 0 heterocycles. The van der Waals surface area contributed by atoms with Crippen LogP contribution < -0.4 is 5.32 Å². The van der Waals surface area contributed by atoms with Crippen LogP contribution in [0.1, 0.15) is 12.0 Å². The van der Waals surface area contributed by atoms with E-state index in [0.717, 1.165) is 9.13 Å². The van der Waals surface area contributed by atoms with Crippen LogP contribution in [0.25, 0.3) is 0 Å². The van der Waals surface area contributed by atoms with Gasteiger partial charge in [-0.15, -0.1) is 0 Å². The maximum atomic E-state index is 11.1. The third kappa shape index (κ3) is 4.36. The minimum Gasteiger partial charge on any atom is -0.396 e. The van der Waals surface area contributed by atoms with E-state index in [4.69, 9.17) is 16.7 Å². The Kier molecular flexibility index (Phi) is 5.35. The lowest BCUT2D eigenvalue weighted by Crippen LogP contribution is -2.23. The van der Waals surface area contributed by atoms with Gasteiger partial charge in [0.25, 0.3) is 0 Å². The summed E-state index contributed by atoms with van der Waals surface area (Å²) in [4.78, 5) is 11.1. The molecular formula is C10H11ClINO2. The fourth-order valence-corrected chi connectivity index (χ4v) is 1.58. The van der Waals surface area contributed by atoms with E-state index in [1.807, 2.05) is 18.2 Å². The Morgan fingerprint density at radius 3 is 2.87 bits per heavy atom. The van der Waals surface area contributed by atoms with Crippen LogP contribution in [0, 0.1) is 3.57 Å². The average molecular weight is 340 g/mol. The van der Waals surface area contributed by atoms with E-state index < -0.39 is 0 Å². The monoisotopic (exact) mass is 339 g/mol. The lowest BCUT2D eigenvalue weighted by Gasteiger charge is -2.05. The highest BCUT2D eigenvalue weighted by molar-refractivity contribution is 14.1. The summed E-state index contributed by atoms with van der Waals surface area (Å²) in [7, 11) is 0. The molecule has 0 fully saturated rings. The van der Waals surface area contributed by atoms with Crippen molar-refractivity contribution in [1.29, 1.82) is 0 Å². The molecule has 1 aromatic rings. The molecule has 15 heavy (non-hydrogen) atoms. The number of rotatable bonds is 4. The second-order valence-electron chi connectivity index (χ2n) is 3.00. The van der Waals surface area contributed by atoms with E-state index in [1.54, 1.807) is 0 Å². The van der Waals surface area contributed by atoms with Gasteiger partial charge in [-0.05, 0) is 40.3 Å². The van der Waals surface area contributed by atoms with Gasteiger partial charge in [-0.1, -0.05) is 17.7 Å². The van der Waals surface area contributed by atoms with Crippen LogP contribution in [0.3, 0.4) is 0 Å². The molecule has 5 heteroatoms. The topological polar surface area (TPSA) is 49.3 Å². The lowest BCUT2D eigenvalue weighted by atomic mass is 10.2. The van der Waals surface area contributed by atoms with Crippen molar-refractivity contribution in [2.24, 2.45) is 0 Å². The number of aliphatic hydroxyl groups excluding tert-OH is 1. The van der Waals surface area contributed by atoms with Crippen LogP contribution in [-0.2, 0) is 11.3 Å². The fourth-order valence-electron chi connectivity index (χ4n) is 1.04. The quantitative estimate of drug-likeness (QED) is 0.824. The number of carbonyl (C=O) groups excluding carboxylic acids is 1. The second kappa shape index (κ2) is 6.30. The van der Waals surface area contributed by atoms with Crippen molar-refractivity contribution in [3.63, 3.8) is 0 Å². The van der Waals surface area contributed by atoms with Crippen molar-refractivity contribution in [3.8, 4) is 0 Å². The molecule has 0 saturated carbocycles. The van der Waals surface area contributed by atoms with Crippen molar-refractivity contribution < 1.29 is 9.90 Å². The first-order valence-corrected chi connectivity index (χ1v) is 5.90. The smallest absolute Gasteiger partial charge is 0.222 e. The highest BCUT2D eigenvalue weighted by Gasteiger charge is 2.02. The van der Waals surface area contributed by atoms with E-state index in [2.05, 4.69) is 27.9 Å². The molecule has 0 aromatic heterocycles. The fraction of sp³-hybridized carbons (Fsp3) is 0.300. The Bertz CT molecular complexity index is 357. The van der Waals surface area contributed by atoms with Crippen LogP contribution in [0.2, 0.25) is 5.02 Å². The first kappa shape index (κ1) is 12.7. The standard InChI is InChI=1S/C10H11ClINO2/c11-8-5-7(1-2-9(8)12)6-13-10(15)3-4-14/h1-2,5,14H,3-4,6H2,(H,13,15). The zero-order valence-corrected chi connectivity index (χ0v) is 10.9. The van der Waals surface area contributed by atoms with Gasteiger partial charge in [-0.2, -0.15) is 0 Å². The first-order valence-electron chi connectivity index (χ1n) is 4.45. The van der Waals surface area contributed by atoms with Crippen molar-refractivity contribution in [2.45, 2.75) is 13.0 Å². The number of halogens is 2. The highest BCUT2D eigenvalue weighted by Crippen LogP contribution is 2.19. The molecule has 0 aliphatic heterocycles. The molecular weight excluding hydrogens is 328 g/mol. The van der Waals surface area contributed by atoms with Crippen LogP contribution in [0.5, 0.6) is 0 Å². The van der Waals surface area contributed by atoms with Crippen molar-refractivity contribution >= 4 is 40.1 Å². The highest BCUT2D eigenvalue weighted by atomic mass is 127. The number of benzene rings is 1. The average Bonchev–Trinajstić information content (AvgIpc) is 2.20. The third-order valence-electron chi connectivity index (χ3n) is 1.81. The molecule has 1 amide bonds. The summed E-state index contributed by atoms with van der Waals surface area (Å²) in [6.45, 7) is 0.314. The van der Waals surface area contributed by atoms with E-state index in [-0.39, 0.29) is 18.9 Å². The summed E-state index contributed by atoms with van der Waals surface area (Å²) in [5.74, 6) is -0.160. The molecule has 0 saturated heterocycles. The summed E-state index contributed by atoms with van der Waals surface area (Å²) in [6, 6.07) is 5.63. The number of aliphatic hydroxyl groups is 1. The molecule has 0 unspecified atom stereocenters. The van der Waals surface area contributed by atoms with Gasteiger partial charge in [0, 0.05) is 16.5 Å². The Morgan fingerprint density at radius 1 is 1.53 bits per heavy atom. The molecule has 0 aliphatic rings. The van der Waals surface area contributed by atoms with Gasteiger partial charge >= 0.3 is 0 Å². The van der Waals surface area contributed by atoms with E-state index in [1.165, 1.54) is 0 Å². The summed E-state index contributed by atoms with van der Waals surface area (Å²) in [5.41, 5.74) is 0.951. The van der Waals surface area contributed by atoms with Gasteiger partial charge in [0.2, 0.25) is 5.91 Å². The molecule has 2 N–H and O–H groups in total. The number of nitrogens with one attached hydrogen (secondary N) is 1. The maximum Gasteiger partial charge on any atom is 0.222 e. The normalized spacial score (nSPS) is 10.1. The Labute approximate surface area is 107 Å². The van der Waals surface area contributed by atoms with Crippen molar-refractivity contribution in [2.75, 3.05) is 6.61 Å². The van der Waals surface area contributed by atoms with E-state index >= 15 is 0 Å². The van der Waals surface area contributed by atoms with Gasteiger partial charge in [-0.3, -0.25) is 4.79 Å². The van der Waals surface area contributed by atoms with Gasteiger partial charge in [0.05, 0.1) is 11.6 Å². The minimum absolute atomic E-state index is 0.126. The minimum atomic E-state index is -0.160. The first-order chi connectivity index (χ1) is 7.13. The molecule has 1 aromatic carbocycles. The second-order valence-corrected chi connectivity index (χ2v) is 4.57. The zero-order valence-electron chi connectivity index (χ0n) is 7.96. The Balaban J connectivity index is 2.51. The summed E-state index contributed by atoms with van der Waals surface area (Å²) in [6.07, 6.45) is 0.137. The van der Waals surface area contributed by atoms with E-state index in [9.17, 15) is 4.79 Å². The molecule has 0 radical (unpaired) electrons. The maximum absolute atomic E-state index is 11.1. The Morgan fingerprint density at radius 2 is 2.27 bits per heavy atom. The Hall–Kier alpha value is -0.330. The summed E-state index contributed by atoms with van der Waals surface area (Å²) in [5, 5.41) is 11.9. The summed E-state index contributed by atoms with van der Waals surface area (Å²) >= 11 is 8.07. The van der Waals surface area contributed by atoms with Gasteiger partial charge in [0.15, 0.2) is 0 Å². The van der Waals surface area contributed by atoms with Crippen LogP contribution >= 0.6 is 34.2 Å². The van der Waals surface area contributed by atoms with Gasteiger partial charge in [0.1, 0.15) is 0 Å². The molecule has 0 bridgehead atoms. The molecule has 82 valence electrons. The molecule has 3 nitrogen and oxygen atoms in total. The SMILES string of the molecule is O=C(CCO)NCc1ccc(I)c(Cl)c1. The molecule has 0 spiro atoms. The molecule has 1 rings (SSSR count). The largest absolute Gasteiger partial charge is 0.396 e. The number of hydrogen-bond acceptors (Lipinski definition) is 2. The van der Waals surface area contributed by atoms with Crippen LogP contribution in [0.4, 0.5) is 0 Å². The lowest BCUT2D eigenvalue weighted by molar-refractivity contribution is -0.121. The van der Waals surface area contributed by atoms with Crippen molar-refractivity contribution in [3.05, 3.63) is 32.4 Å². The van der Waals surface area contributed by atoms with Crippen LogP contribution in [0.15, 0.2) is 18.2 Å². The van der Waals surface area contributed by atoms with Gasteiger partial charge in [-0.25, -0.2) is 0 Å². The van der Waals surface area contributed by atoms with Gasteiger partial charge < -0.3 is 10.4 Å². The number of carbonyl (C=O) groups is 1. The van der Waals surface area contributed by atoms with E-state index in [0.29, 0.717) is 11.6 Å². The van der Waals surface area contributed by atoms with Crippen LogP contribution in [-0.4, -0.2) is 17.6 Å². The predicted octanol–water partition coefficient (Wildman–Crippen LogP) is 1.94. The summed E-state index contributed by atoms with van der Waals surface area (Å²) < 4.78 is 0.986. The predicted molar refractivity (Wildman–Crippen MR) is 67.7 cm³/mol. The molecule has 0 aliphatic carbocycles. The zero-order chi connectivity index (χ0) is 11.3. The van der Waals surface area contributed by atoms with Crippen molar-refractivity contribution in [1.82, 2.24) is 5.32 Å². The number of amides is 1. The molecule has 0 atom stereocenters.